The Bertz CT molecular complexity index is 540. The highest BCUT2D eigenvalue weighted by molar-refractivity contribution is 5.30. The SMILES string of the molecule is CCC(O)c1ccc(OCc2cccnc2OC)cc1. The third-order valence-electron chi connectivity index (χ3n) is 3.09. The van der Waals surface area contributed by atoms with Gasteiger partial charge in [-0.15, -0.1) is 0 Å². The highest BCUT2D eigenvalue weighted by Crippen LogP contribution is 2.21. The number of aliphatic hydroxyl groups is 1. The predicted molar refractivity (Wildman–Crippen MR) is 76.8 cm³/mol. The molecule has 1 heterocycles. The van der Waals surface area contributed by atoms with E-state index < -0.39 is 6.10 Å². The number of benzene rings is 1. The van der Waals surface area contributed by atoms with Gasteiger partial charge in [-0.1, -0.05) is 19.1 Å². The molecular formula is C16H19NO3. The van der Waals surface area contributed by atoms with Gasteiger partial charge in [0.25, 0.3) is 0 Å². The fraction of sp³-hybridized carbons (Fsp3) is 0.312. The summed E-state index contributed by atoms with van der Waals surface area (Å²) in [5.41, 5.74) is 1.80. The van der Waals surface area contributed by atoms with Crippen LogP contribution in [0.5, 0.6) is 11.6 Å². The molecule has 1 aromatic heterocycles. The van der Waals surface area contributed by atoms with Crippen LogP contribution in [0.2, 0.25) is 0 Å². The molecule has 0 radical (unpaired) electrons. The van der Waals surface area contributed by atoms with E-state index in [-0.39, 0.29) is 0 Å². The molecule has 1 atom stereocenters. The molecule has 0 aliphatic carbocycles. The summed E-state index contributed by atoms with van der Waals surface area (Å²) in [6.45, 7) is 2.34. The Hall–Kier alpha value is -2.07. The number of nitrogens with zero attached hydrogens (tertiary/aromatic N) is 1. The second-order valence-electron chi connectivity index (χ2n) is 4.45. The second-order valence-corrected chi connectivity index (χ2v) is 4.45. The molecule has 106 valence electrons. The van der Waals surface area contributed by atoms with Crippen LogP contribution in [0.15, 0.2) is 42.6 Å². The smallest absolute Gasteiger partial charge is 0.219 e. The summed E-state index contributed by atoms with van der Waals surface area (Å²) >= 11 is 0. The Morgan fingerprint density at radius 3 is 2.60 bits per heavy atom. The number of ether oxygens (including phenoxy) is 2. The van der Waals surface area contributed by atoms with Crippen molar-refractivity contribution < 1.29 is 14.6 Å². The average molecular weight is 273 g/mol. The zero-order valence-corrected chi connectivity index (χ0v) is 11.7. The number of pyridine rings is 1. The molecule has 0 fully saturated rings. The van der Waals surface area contributed by atoms with E-state index in [4.69, 9.17) is 9.47 Å². The molecule has 20 heavy (non-hydrogen) atoms. The molecule has 0 saturated heterocycles. The fourth-order valence-corrected chi connectivity index (χ4v) is 1.90. The standard InChI is InChI=1S/C16H19NO3/c1-3-15(18)12-6-8-14(9-7-12)20-11-13-5-4-10-17-16(13)19-2/h4-10,15,18H,3,11H2,1-2H3. The van der Waals surface area contributed by atoms with Crippen molar-refractivity contribution in [3.8, 4) is 11.6 Å². The Balaban J connectivity index is 2.00. The summed E-state index contributed by atoms with van der Waals surface area (Å²) in [4.78, 5) is 4.12. The molecule has 0 saturated carbocycles. The third kappa shape index (κ3) is 3.48. The maximum Gasteiger partial charge on any atom is 0.219 e. The quantitative estimate of drug-likeness (QED) is 0.878. The predicted octanol–water partition coefficient (Wildman–Crippen LogP) is 3.11. The number of aromatic nitrogens is 1. The summed E-state index contributed by atoms with van der Waals surface area (Å²) in [5.74, 6) is 1.33. The monoisotopic (exact) mass is 273 g/mol. The largest absolute Gasteiger partial charge is 0.489 e. The Morgan fingerprint density at radius 1 is 1.20 bits per heavy atom. The Labute approximate surface area is 119 Å². The van der Waals surface area contributed by atoms with Crippen molar-refractivity contribution in [3.63, 3.8) is 0 Å². The fourth-order valence-electron chi connectivity index (χ4n) is 1.90. The first-order chi connectivity index (χ1) is 9.74. The van der Waals surface area contributed by atoms with Crippen molar-refractivity contribution >= 4 is 0 Å². The van der Waals surface area contributed by atoms with E-state index in [1.807, 2.05) is 43.3 Å². The van der Waals surface area contributed by atoms with Crippen molar-refractivity contribution in [3.05, 3.63) is 53.7 Å². The first kappa shape index (κ1) is 14.3. The minimum Gasteiger partial charge on any atom is -0.489 e. The molecule has 2 aromatic rings. The lowest BCUT2D eigenvalue weighted by Gasteiger charge is -2.11. The van der Waals surface area contributed by atoms with Gasteiger partial charge in [0.15, 0.2) is 0 Å². The van der Waals surface area contributed by atoms with Crippen molar-refractivity contribution in [1.29, 1.82) is 0 Å². The number of hydrogen-bond donors (Lipinski definition) is 1. The van der Waals surface area contributed by atoms with Gasteiger partial charge in [0.2, 0.25) is 5.88 Å². The van der Waals surface area contributed by atoms with Gasteiger partial charge in [-0.05, 0) is 36.2 Å². The number of aliphatic hydroxyl groups excluding tert-OH is 1. The maximum atomic E-state index is 9.73. The minimum absolute atomic E-state index is 0.396. The van der Waals surface area contributed by atoms with Gasteiger partial charge >= 0.3 is 0 Å². The van der Waals surface area contributed by atoms with E-state index in [0.29, 0.717) is 18.9 Å². The Kier molecular flexibility index (Phi) is 4.96. The second kappa shape index (κ2) is 6.91. The van der Waals surface area contributed by atoms with Crippen LogP contribution in [0, 0.1) is 0 Å². The van der Waals surface area contributed by atoms with E-state index in [0.717, 1.165) is 16.9 Å². The molecule has 0 aliphatic heterocycles. The zero-order chi connectivity index (χ0) is 14.4. The van der Waals surface area contributed by atoms with E-state index in [1.54, 1.807) is 13.3 Å². The molecule has 0 aliphatic rings. The van der Waals surface area contributed by atoms with Crippen LogP contribution in [0.1, 0.15) is 30.6 Å². The molecule has 1 unspecified atom stereocenters. The summed E-state index contributed by atoms with van der Waals surface area (Å²) < 4.78 is 10.9. The highest BCUT2D eigenvalue weighted by atomic mass is 16.5. The minimum atomic E-state index is -0.414. The topological polar surface area (TPSA) is 51.6 Å². The van der Waals surface area contributed by atoms with Gasteiger partial charge in [0, 0.05) is 6.20 Å². The number of rotatable bonds is 6. The first-order valence-corrected chi connectivity index (χ1v) is 6.63. The Morgan fingerprint density at radius 2 is 1.95 bits per heavy atom. The molecule has 4 heteroatoms. The molecule has 1 N–H and O–H groups in total. The maximum absolute atomic E-state index is 9.73. The third-order valence-corrected chi connectivity index (χ3v) is 3.09. The van der Waals surface area contributed by atoms with Crippen molar-refractivity contribution in [2.24, 2.45) is 0 Å². The molecule has 0 spiro atoms. The van der Waals surface area contributed by atoms with E-state index >= 15 is 0 Å². The summed E-state index contributed by atoms with van der Waals surface area (Å²) in [6.07, 6.45) is 1.97. The van der Waals surface area contributed by atoms with Gasteiger partial charge in [-0.25, -0.2) is 4.98 Å². The van der Waals surface area contributed by atoms with E-state index in [9.17, 15) is 5.11 Å². The lowest BCUT2D eigenvalue weighted by atomic mass is 10.1. The van der Waals surface area contributed by atoms with Crippen LogP contribution in [0.3, 0.4) is 0 Å². The van der Waals surface area contributed by atoms with Crippen LogP contribution in [-0.2, 0) is 6.61 Å². The van der Waals surface area contributed by atoms with Gasteiger partial charge in [0.1, 0.15) is 12.4 Å². The summed E-state index contributed by atoms with van der Waals surface area (Å²) in [6, 6.07) is 11.2. The van der Waals surface area contributed by atoms with Gasteiger partial charge in [-0.2, -0.15) is 0 Å². The number of methoxy groups -OCH3 is 1. The summed E-state index contributed by atoms with van der Waals surface area (Å²) in [5, 5.41) is 9.73. The molecular weight excluding hydrogens is 254 g/mol. The molecule has 2 rings (SSSR count). The van der Waals surface area contributed by atoms with Gasteiger partial charge < -0.3 is 14.6 Å². The highest BCUT2D eigenvalue weighted by Gasteiger charge is 2.06. The van der Waals surface area contributed by atoms with Crippen LogP contribution in [0.4, 0.5) is 0 Å². The lowest BCUT2D eigenvalue weighted by Crippen LogP contribution is -2.00. The van der Waals surface area contributed by atoms with Crippen molar-refractivity contribution in [2.75, 3.05) is 7.11 Å². The van der Waals surface area contributed by atoms with Crippen molar-refractivity contribution in [2.45, 2.75) is 26.1 Å². The molecule has 1 aromatic carbocycles. The van der Waals surface area contributed by atoms with E-state index in [1.165, 1.54) is 0 Å². The van der Waals surface area contributed by atoms with Crippen LogP contribution in [0.25, 0.3) is 0 Å². The van der Waals surface area contributed by atoms with Crippen LogP contribution >= 0.6 is 0 Å². The van der Waals surface area contributed by atoms with E-state index in [2.05, 4.69) is 4.98 Å². The zero-order valence-electron chi connectivity index (χ0n) is 11.7. The summed E-state index contributed by atoms with van der Waals surface area (Å²) in [7, 11) is 1.59. The normalized spacial score (nSPS) is 11.9. The van der Waals surface area contributed by atoms with Gasteiger partial charge in [0.05, 0.1) is 18.8 Å². The molecule has 4 nitrogen and oxygen atoms in total. The molecule has 0 amide bonds. The molecule has 0 bridgehead atoms. The van der Waals surface area contributed by atoms with Crippen molar-refractivity contribution in [1.82, 2.24) is 4.98 Å². The van der Waals surface area contributed by atoms with Crippen LogP contribution < -0.4 is 9.47 Å². The lowest BCUT2D eigenvalue weighted by molar-refractivity contribution is 0.173. The van der Waals surface area contributed by atoms with Gasteiger partial charge in [-0.3, -0.25) is 0 Å². The first-order valence-electron chi connectivity index (χ1n) is 6.63. The number of hydrogen-bond acceptors (Lipinski definition) is 4. The van der Waals surface area contributed by atoms with Crippen LogP contribution in [-0.4, -0.2) is 17.2 Å². The average Bonchev–Trinajstić information content (AvgIpc) is 2.53.